The van der Waals surface area contributed by atoms with Crippen molar-refractivity contribution in [2.45, 2.75) is 90.6 Å². The lowest BCUT2D eigenvalue weighted by molar-refractivity contribution is -0.122. The van der Waals surface area contributed by atoms with Crippen molar-refractivity contribution >= 4 is 17.5 Å². The van der Waals surface area contributed by atoms with E-state index in [1.807, 2.05) is 0 Å². The van der Waals surface area contributed by atoms with Gasteiger partial charge >= 0.3 is 0 Å². The maximum atomic E-state index is 12.4. The quantitative estimate of drug-likeness (QED) is 0.587. The van der Waals surface area contributed by atoms with Gasteiger partial charge in [0.2, 0.25) is 11.8 Å². The molecule has 1 aromatic heterocycles. The van der Waals surface area contributed by atoms with E-state index in [1.54, 1.807) is 17.1 Å². The minimum Gasteiger partial charge on any atom is -0.352 e. The zero-order chi connectivity index (χ0) is 18.8. The molecular weight excluding hydrogens is 328 g/mol. The molecule has 1 unspecified atom stereocenters. The number of hydrogen-bond acceptors (Lipinski definition) is 3. The molecule has 0 radical (unpaired) electrons. The van der Waals surface area contributed by atoms with Crippen molar-refractivity contribution < 1.29 is 9.59 Å². The van der Waals surface area contributed by atoms with Crippen molar-refractivity contribution in [3.8, 4) is 0 Å². The van der Waals surface area contributed by atoms with Gasteiger partial charge < -0.3 is 10.6 Å². The van der Waals surface area contributed by atoms with E-state index >= 15 is 0 Å². The molecule has 1 atom stereocenters. The molecule has 6 heteroatoms. The van der Waals surface area contributed by atoms with Crippen LogP contribution in [0.2, 0.25) is 0 Å². The molecule has 1 aliphatic carbocycles. The fourth-order valence-corrected chi connectivity index (χ4v) is 3.59. The Morgan fingerprint density at radius 3 is 2.69 bits per heavy atom. The second-order valence-corrected chi connectivity index (χ2v) is 7.42. The molecule has 1 saturated carbocycles. The SMILES string of the molecule is CCCCCCC(CC)C(=O)Nc1cnn(CC(=O)NC2CCCC2)c1. The molecule has 1 fully saturated rings. The number of aromatic nitrogens is 2. The normalized spacial score (nSPS) is 15.8. The molecule has 0 saturated heterocycles. The first-order valence-electron chi connectivity index (χ1n) is 10.2. The third-order valence-corrected chi connectivity index (χ3v) is 5.20. The molecule has 2 amide bonds. The zero-order valence-corrected chi connectivity index (χ0v) is 16.3. The Kier molecular flexibility index (Phi) is 8.65. The van der Waals surface area contributed by atoms with Gasteiger partial charge in [-0.1, -0.05) is 52.4 Å². The zero-order valence-electron chi connectivity index (χ0n) is 16.3. The van der Waals surface area contributed by atoms with Gasteiger partial charge in [-0.2, -0.15) is 5.10 Å². The van der Waals surface area contributed by atoms with Crippen molar-refractivity contribution in [3.63, 3.8) is 0 Å². The van der Waals surface area contributed by atoms with Crippen molar-refractivity contribution in [1.29, 1.82) is 0 Å². The molecule has 0 bridgehead atoms. The Balaban J connectivity index is 1.76. The number of carbonyl (C=O) groups excluding carboxylic acids is 2. The molecule has 2 N–H and O–H groups in total. The summed E-state index contributed by atoms with van der Waals surface area (Å²) in [7, 11) is 0. The summed E-state index contributed by atoms with van der Waals surface area (Å²) >= 11 is 0. The van der Waals surface area contributed by atoms with Crippen molar-refractivity contribution in [1.82, 2.24) is 15.1 Å². The van der Waals surface area contributed by atoms with Crippen LogP contribution in [0, 0.1) is 5.92 Å². The van der Waals surface area contributed by atoms with Gasteiger partial charge in [0.15, 0.2) is 0 Å². The molecule has 0 spiro atoms. The Bertz CT molecular complexity index is 564. The number of amides is 2. The largest absolute Gasteiger partial charge is 0.352 e. The second-order valence-electron chi connectivity index (χ2n) is 7.42. The number of nitrogens with zero attached hydrogens (tertiary/aromatic N) is 2. The second kappa shape index (κ2) is 11.0. The van der Waals surface area contributed by atoms with E-state index in [1.165, 1.54) is 32.1 Å². The van der Waals surface area contributed by atoms with E-state index in [9.17, 15) is 9.59 Å². The van der Waals surface area contributed by atoms with Crippen LogP contribution in [0.5, 0.6) is 0 Å². The molecule has 2 rings (SSSR count). The van der Waals surface area contributed by atoms with Gasteiger partial charge in [-0.05, 0) is 25.7 Å². The van der Waals surface area contributed by atoms with Gasteiger partial charge in [-0.3, -0.25) is 14.3 Å². The summed E-state index contributed by atoms with van der Waals surface area (Å²) in [5.74, 6) is 0.0834. The summed E-state index contributed by atoms with van der Waals surface area (Å²) in [6.45, 7) is 4.44. The summed E-state index contributed by atoms with van der Waals surface area (Å²) < 4.78 is 1.59. The lowest BCUT2D eigenvalue weighted by Gasteiger charge is -2.14. The standard InChI is InChI=1S/C20H34N4O2/c1-3-5-6-7-10-16(4-2)20(26)23-18-13-21-24(14-18)15-19(25)22-17-11-8-9-12-17/h13-14,16-17H,3-12,15H2,1-2H3,(H,22,25)(H,23,26). The van der Waals surface area contributed by atoms with Gasteiger partial charge in [0.1, 0.15) is 6.54 Å². The topological polar surface area (TPSA) is 76.0 Å². The predicted octanol–water partition coefficient (Wildman–Crippen LogP) is 3.88. The molecule has 0 aliphatic heterocycles. The van der Waals surface area contributed by atoms with Gasteiger partial charge in [-0.15, -0.1) is 0 Å². The Morgan fingerprint density at radius 1 is 1.23 bits per heavy atom. The first kappa shape index (κ1) is 20.5. The fourth-order valence-electron chi connectivity index (χ4n) is 3.59. The molecular formula is C20H34N4O2. The highest BCUT2D eigenvalue weighted by Gasteiger charge is 2.19. The van der Waals surface area contributed by atoms with Crippen LogP contribution in [0.3, 0.4) is 0 Å². The average Bonchev–Trinajstić information content (AvgIpc) is 3.27. The minimum absolute atomic E-state index is 0.0137. The highest BCUT2D eigenvalue weighted by Crippen LogP contribution is 2.18. The van der Waals surface area contributed by atoms with Crippen LogP contribution >= 0.6 is 0 Å². The van der Waals surface area contributed by atoms with Crippen LogP contribution in [0.4, 0.5) is 5.69 Å². The lowest BCUT2D eigenvalue weighted by Crippen LogP contribution is -2.35. The van der Waals surface area contributed by atoms with E-state index in [2.05, 4.69) is 29.6 Å². The number of rotatable bonds is 11. The van der Waals surface area contributed by atoms with Crippen LogP contribution in [0.25, 0.3) is 0 Å². The highest BCUT2D eigenvalue weighted by molar-refractivity contribution is 5.92. The van der Waals surface area contributed by atoms with E-state index in [-0.39, 0.29) is 24.3 Å². The van der Waals surface area contributed by atoms with Crippen LogP contribution in [0.15, 0.2) is 12.4 Å². The summed E-state index contributed by atoms with van der Waals surface area (Å²) in [4.78, 5) is 24.5. The predicted molar refractivity (Wildman–Crippen MR) is 104 cm³/mol. The summed E-state index contributed by atoms with van der Waals surface area (Å²) in [6, 6.07) is 0.315. The van der Waals surface area contributed by atoms with Crippen LogP contribution in [-0.4, -0.2) is 27.6 Å². The first-order chi connectivity index (χ1) is 12.6. The molecule has 1 aliphatic rings. The number of hydrogen-bond donors (Lipinski definition) is 2. The summed E-state index contributed by atoms with van der Waals surface area (Å²) in [5, 5.41) is 10.2. The summed E-state index contributed by atoms with van der Waals surface area (Å²) in [6.07, 6.45) is 14.4. The highest BCUT2D eigenvalue weighted by atomic mass is 16.2. The molecule has 1 aromatic rings. The maximum absolute atomic E-state index is 12.4. The molecule has 26 heavy (non-hydrogen) atoms. The van der Waals surface area contributed by atoms with Crippen molar-refractivity contribution in [3.05, 3.63) is 12.4 Å². The molecule has 146 valence electrons. The Morgan fingerprint density at radius 2 is 2.00 bits per heavy atom. The van der Waals surface area contributed by atoms with Gasteiger partial charge in [0.05, 0.1) is 11.9 Å². The van der Waals surface area contributed by atoms with E-state index in [0.717, 1.165) is 32.1 Å². The summed E-state index contributed by atoms with van der Waals surface area (Å²) in [5.41, 5.74) is 0.663. The third kappa shape index (κ3) is 6.81. The minimum atomic E-state index is -0.0137. The van der Waals surface area contributed by atoms with E-state index < -0.39 is 0 Å². The third-order valence-electron chi connectivity index (χ3n) is 5.20. The Hall–Kier alpha value is -1.85. The number of unbranched alkanes of at least 4 members (excludes halogenated alkanes) is 3. The van der Waals surface area contributed by atoms with E-state index in [0.29, 0.717) is 11.7 Å². The van der Waals surface area contributed by atoms with Crippen LogP contribution in [-0.2, 0) is 16.1 Å². The Labute approximate surface area is 157 Å². The van der Waals surface area contributed by atoms with Crippen molar-refractivity contribution in [2.24, 2.45) is 5.92 Å². The molecule has 1 heterocycles. The molecule has 0 aromatic carbocycles. The first-order valence-corrected chi connectivity index (χ1v) is 10.2. The maximum Gasteiger partial charge on any atom is 0.241 e. The average molecular weight is 363 g/mol. The monoisotopic (exact) mass is 362 g/mol. The van der Waals surface area contributed by atoms with Gasteiger partial charge in [0, 0.05) is 18.2 Å². The van der Waals surface area contributed by atoms with Gasteiger partial charge in [0.25, 0.3) is 0 Å². The van der Waals surface area contributed by atoms with E-state index in [4.69, 9.17) is 0 Å². The number of carbonyl (C=O) groups is 2. The van der Waals surface area contributed by atoms with Crippen LogP contribution in [0.1, 0.15) is 78.1 Å². The lowest BCUT2D eigenvalue weighted by atomic mass is 9.97. The van der Waals surface area contributed by atoms with Crippen molar-refractivity contribution in [2.75, 3.05) is 5.32 Å². The smallest absolute Gasteiger partial charge is 0.241 e. The van der Waals surface area contributed by atoms with Gasteiger partial charge in [-0.25, -0.2) is 0 Å². The number of nitrogens with one attached hydrogen (secondary N) is 2. The van der Waals surface area contributed by atoms with Crippen LogP contribution < -0.4 is 10.6 Å². The fraction of sp³-hybridized carbons (Fsp3) is 0.750. The molecule has 6 nitrogen and oxygen atoms in total. The number of anilines is 1.